The molecule has 1 saturated carbocycles. The number of pyridine rings is 1. The van der Waals surface area contributed by atoms with E-state index < -0.39 is 18.7 Å². The number of aromatic nitrogens is 1. The number of nitrogens with one attached hydrogen (secondary N) is 2. The predicted octanol–water partition coefficient (Wildman–Crippen LogP) is 5.83. The van der Waals surface area contributed by atoms with Crippen molar-refractivity contribution in [2.75, 3.05) is 27.4 Å². The van der Waals surface area contributed by atoms with Crippen molar-refractivity contribution in [2.24, 2.45) is 5.92 Å². The van der Waals surface area contributed by atoms with Crippen LogP contribution in [0, 0.1) is 5.92 Å². The number of benzene rings is 2. The van der Waals surface area contributed by atoms with Crippen LogP contribution in [-0.4, -0.2) is 40.0 Å². The molecule has 41 heavy (non-hydrogen) atoms. The van der Waals surface area contributed by atoms with Gasteiger partial charge in [-0.15, -0.1) is 0 Å². The van der Waals surface area contributed by atoms with Crippen molar-refractivity contribution in [1.82, 2.24) is 5.32 Å². The third-order valence-corrected chi connectivity index (χ3v) is 7.11. The number of hydrogen-bond acceptors (Lipinski definition) is 7. The summed E-state index contributed by atoms with van der Waals surface area (Å²) in [5.41, 5.74) is 1.93. The van der Waals surface area contributed by atoms with Gasteiger partial charge in [0.05, 0.1) is 27.4 Å². The second-order valence-corrected chi connectivity index (χ2v) is 10.3. The van der Waals surface area contributed by atoms with Crippen molar-refractivity contribution >= 4 is 29.2 Å². The van der Waals surface area contributed by atoms with E-state index in [0.717, 1.165) is 18.4 Å². The summed E-state index contributed by atoms with van der Waals surface area (Å²) in [6.07, 6.45) is 4.44. The Hall–Kier alpha value is -3.34. The van der Waals surface area contributed by atoms with Crippen LogP contribution in [0.4, 0.5) is 8.78 Å². The molecule has 0 spiro atoms. The lowest BCUT2D eigenvalue weighted by Gasteiger charge is -2.21. The van der Waals surface area contributed by atoms with Gasteiger partial charge >= 0.3 is 12.6 Å². The Kier molecular flexibility index (Phi) is 10.8. The number of ether oxygens (including phenoxy) is 5. The lowest BCUT2D eigenvalue weighted by atomic mass is 10.0. The Morgan fingerprint density at radius 3 is 2.37 bits per heavy atom. The van der Waals surface area contributed by atoms with Gasteiger partial charge in [-0.25, -0.2) is 4.98 Å². The monoisotopic (exact) mass is 611 g/mol. The van der Waals surface area contributed by atoms with Crippen molar-refractivity contribution in [1.29, 1.82) is 0 Å². The van der Waals surface area contributed by atoms with Crippen molar-refractivity contribution < 1.29 is 42.2 Å². The lowest BCUT2D eigenvalue weighted by molar-refractivity contribution is -0.377. The molecule has 1 fully saturated rings. The number of methoxy groups -OCH3 is 2. The minimum atomic E-state index is -3.02. The number of carbonyl (C=O) groups excluding carboxylic acids is 1. The second kappa shape index (κ2) is 14.5. The number of halogens is 4. The fourth-order valence-corrected chi connectivity index (χ4v) is 4.64. The van der Waals surface area contributed by atoms with Crippen LogP contribution in [0.3, 0.4) is 0 Å². The molecule has 12 heteroatoms. The summed E-state index contributed by atoms with van der Waals surface area (Å²) in [6, 6.07) is 9.91. The molecule has 3 aromatic rings. The molecule has 2 aromatic carbocycles. The normalized spacial score (nSPS) is 13.5. The van der Waals surface area contributed by atoms with Crippen LogP contribution in [0.1, 0.15) is 35.6 Å². The fraction of sp³-hybridized carbons (Fsp3) is 0.379. The Labute approximate surface area is 246 Å². The van der Waals surface area contributed by atoms with Gasteiger partial charge in [0.1, 0.15) is 16.1 Å². The van der Waals surface area contributed by atoms with E-state index in [0.29, 0.717) is 51.7 Å². The molecule has 1 heterocycles. The van der Waals surface area contributed by atoms with Gasteiger partial charge in [-0.2, -0.15) is 8.78 Å². The molecule has 0 unspecified atom stereocenters. The molecule has 0 saturated heterocycles. The van der Waals surface area contributed by atoms with Gasteiger partial charge < -0.3 is 29.0 Å². The summed E-state index contributed by atoms with van der Waals surface area (Å²) in [4.78, 5) is 15.8. The summed E-state index contributed by atoms with van der Waals surface area (Å²) in [5, 5.41) is 3.77. The lowest BCUT2D eigenvalue weighted by Crippen LogP contribution is -2.26. The number of hydrogen-bond donors (Lipinski definition) is 1. The van der Waals surface area contributed by atoms with Gasteiger partial charge in [0.25, 0.3) is 0 Å². The molecular weight excluding hydrogens is 581 g/mol. The number of rotatable bonds is 15. The van der Waals surface area contributed by atoms with Crippen LogP contribution in [0.5, 0.6) is 23.0 Å². The summed E-state index contributed by atoms with van der Waals surface area (Å²) in [6.45, 7) is -2.38. The zero-order valence-electron chi connectivity index (χ0n) is 22.6. The molecule has 8 nitrogen and oxygen atoms in total. The smallest absolute Gasteiger partial charge is 0.387 e. The van der Waals surface area contributed by atoms with Gasteiger partial charge in [0.2, 0.25) is 0 Å². The maximum atomic E-state index is 13.0. The van der Waals surface area contributed by atoms with Gasteiger partial charge in [-0.1, -0.05) is 35.3 Å². The summed E-state index contributed by atoms with van der Waals surface area (Å²) in [5.74, 6) is 1.04. The van der Waals surface area contributed by atoms with E-state index in [1.807, 2.05) is 12.1 Å². The highest BCUT2D eigenvalue weighted by molar-refractivity contribution is 6.35. The number of esters is 1. The maximum Gasteiger partial charge on any atom is 0.387 e. The molecule has 220 valence electrons. The highest BCUT2D eigenvalue weighted by atomic mass is 35.5. The molecule has 2 N–H and O–H groups in total. The van der Waals surface area contributed by atoms with Gasteiger partial charge in [-0.3, -0.25) is 4.79 Å². The second-order valence-electron chi connectivity index (χ2n) is 9.44. The van der Waals surface area contributed by atoms with Crippen molar-refractivity contribution in [3.8, 4) is 23.0 Å². The molecule has 1 aliphatic carbocycles. The first-order valence-electron chi connectivity index (χ1n) is 12.9. The molecule has 0 radical (unpaired) electrons. The van der Waals surface area contributed by atoms with Gasteiger partial charge in [0.15, 0.2) is 35.4 Å². The van der Waals surface area contributed by atoms with E-state index in [1.54, 1.807) is 44.8 Å². The molecule has 0 amide bonds. The van der Waals surface area contributed by atoms with E-state index in [2.05, 4.69) is 15.0 Å². The summed E-state index contributed by atoms with van der Waals surface area (Å²) >= 11 is 12.8. The highest BCUT2D eigenvalue weighted by Crippen LogP contribution is 2.37. The topological polar surface area (TPSA) is 89.4 Å². The number of alkyl halides is 2. The van der Waals surface area contributed by atoms with E-state index in [-0.39, 0.29) is 24.5 Å². The summed E-state index contributed by atoms with van der Waals surface area (Å²) < 4.78 is 53.0. The highest BCUT2D eigenvalue weighted by Gasteiger charge is 2.26. The first-order chi connectivity index (χ1) is 19.8. The van der Waals surface area contributed by atoms with E-state index in [1.165, 1.54) is 6.07 Å². The van der Waals surface area contributed by atoms with E-state index in [4.69, 9.17) is 42.1 Å². The standard InChI is InChI=1S/C29H30Cl2F2N2O6/c1-37-23-7-5-18(9-26(23)38-2)12-34-15-28(36)40-25(11-20-21(30)13-35-14-22(20)31)19-6-8-24(41-29(32)33)27(10-19)39-16-17-3-4-17/h5-10,13-14,17,25,29,34H,3-4,11-12,15-16H2,1-2H3/p+1/t25-/m0/s1. The molecular formula is C29H31Cl2F2N2O6+. The number of H-pyrrole nitrogens is 1. The van der Waals surface area contributed by atoms with Crippen LogP contribution in [0.2, 0.25) is 10.0 Å². The largest absolute Gasteiger partial charge is 0.493 e. The molecule has 4 rings (SSSR count). The third-order valence-electron chi connectivity index (χ3n) is 6.43. The molecule has 1 aromatic heterocycles. The molecule has 1 atom stereocenters. The molecule has 1 aliphatic rings. The van der Waals surface area contributed by atoms with Crippen molar-refractivity contribution in [3.05, 3.63) is 75.5 Å². The van der Waals surface area contributed by atoms with Gasteiger partial charge in [0, 0.05) is 18.5 Å². The minimum Gasteiger partial charge on any atom is -0.493 e. The molecule has 0 aliphatic heterocycles. The SMILES string of the molecule is COc1ccc(CNCC(=O)O[C@@H](Cc2c(Cl)c[nH+]cc2Cl)c2ccc(OC(F)F)c(OCC3CC3)c2)cc1OC. The van der Waals surface area contributed by atoms with Crippen molar-refractivity contribution in [3.63, 3.8) is 0 Å². The Bertz CT molecular complexity index is 1320. The van der Waals surface area contributed by atoms with E-state index in [9.17, 15) is 13.6 Å². The van der Waals surface area contributed by atoms with Crippen LogP contribution in [-0.2, 0) is 22.5 Å². The average molecular weight is 612 g/mol. The number of aromatic amines is 1. The third kappa shape index (κ3) is 8.82. The van der Waals surface area contributed by atoms with E-state index >= 15 is 0 Å². The zero-order chi connectivity index (χ0) is 29.4. The fourth-order valence-electron chi connectivity index (χ4n) is 4.11. The van der Waals surface area contributed by atoms with Crippen molar-refractivity contribution in [2.45, 2.75) is 38.5 Å². The Morgan fingerprint density at radius 2 is 1.71 bits per heavy atom. The number of carbonyl (C=O) groups is 1. The first-order valence-corrected chi connectivity index (χ1v) is 13.7. The van der Waals surface area contributed by atoms with Crippen LogP contribution in [0.15, 0.2) is 48.8 Å². The van der Waals surface area contributed by atoms with Crippen LogP contribution >= 0.6 is 23.2 Å². The summed E-state index contributed by atoms with van der Waals surface area (Å²) in [7, 11) is 3.10. The predicted molar refractivity (Wildman–Crippen MR) is 148 cm³/mol. The van der Waals surface area contributed by atoms with Crippen LogP contribution in [0.25, 0.3) is 0 Å². The van der Waals surface area contributed by atoms with Crippen LogP contribution < -0.4 is 29.2 Å². The van der Waals surface area contributed by atoms with Gasteiger partial charge in [-0.05, 0) is 54.2 Å². The average Bonchev–Trinajstić information content (AvgIpc) is 3.78. The Balaban J connectivity index is 1.51. The zero-order valence-corrected chi connectivity index (χ0v) is 24.1. The Morgan fingerprint density at radius 1 is 1.00 bits per heavy atom. The first kappa shape index (κ1) is 30.6. The quantitative estimate of drug-likeness (QED) is 0.216. The maximum absolute atomic E-state index is 13.0. The molecule has 0 bridgehead atoms. The minimum absolute atomic E-state index is 0.101.